The first-order chi connectivity index (χ1) is 13.0. The molecule has 4 N–H and O–H groups in total. The summed E-state index contributed by atoms with van der Waals surface area (Å²) in [6.07, 6.45) is -4.53. The van der Waals surface area contributed by atoms with E-state index in [1.807, 2.05) is 0 Å². The Balaban J connectivity index is 2.43. The molecule has 0 radical (unpaired) electrons. The van der Waals surface area contributed by atoms with Gasteiger partial charge in [0, 0.05) is 23.7 Å². The number of nitrogens with zero attached hydrogens (tertiary/aromatic N) is 1. The van der Waals surface area contributed by atoms with Crippen LogP contribution < -0.4 is 15.8 Å². The minimum atomic E-state index is -4.53. The molecule has 0 aliphatic carbocycles. The summed E-state index contributed by atoms with van der Waals surface area (Å²) in [6.45, 7) is -0.113. The van der Waals surface area contributed by atoms with Gasteiger partial charge in [0.15, 0.2) is 0 Å². The molecule has 152 valence electrons. The number of hydrogen-bond acceptors (Lipinski definition) is 4. The smallest absolute Gasteiger partial charge is 0.369 e. The molecule has 28 heavy (non-hydrogen) atoms. The number of rotatable bonds is 7. The maximum absolute atomic E-state index is 12.9. The third-order valence-corrected chi connectivity index (χ3v) is 5.80. The normalized spacial score (nSPS) is 12.0. The zero-order valence-corrected chi connectivity index (χ0v) is 16.0. The van der Waals surface area contributed by atoms with E-state index in [4.69, 9.17) is 23.1 Å². The highest BCUT2D eigenvalue weighted by atomic mass is 35.5. The molecule has 2 aromatic carbocycles. The average molecular weight is 436 g/mol. The van der Waals surface area contributed by atoms with Gasteiger partial charge in [-0.1, -0.05) is 23.7 Å². The predicted octanol–water partition coefficient (Wildman–Crippen LogP) is 2.61. The fraction of sp³-hybridized carbons (Fsp3) is 0.235. The van der Waals surface area contributed by atoms with E-state index in [-0.39, 0.29) is 29.4 Å². The number of primary amides is 1. The summed E-state index contributed by atoms with van der Waals surface area (Å²) in [5.74, 6) is -1.91. The minimum Gasteiger partial charge on any atom is -0.369 e. The molecule has 0 saturated carbocycles. The lowest BCUT2D eigenvalue weighted by Crippen LogP contribution is -2.40. The maximum atomic E-state index is 12.9. The maximum Gasteiger partial charge on any atom is 0.416 e. The number of carbonyl (C=O) groups is 1. The second-order valence-electron chi connectivity index (χ2n) is 5.82. The molecule has 1 amide bonds. The van der Waals surface area contributed by atoms with Crippen molar-refractivity contribution in [3.05, 3.63) is 53.1 Å². The number of amides is 1. The lowest BCUT2D eigenvalue weighted by Gasteiger charge is -2.23. The summed E-state index contributed by atoms with van der Waals surface area (Å²) in [5, 5.41) is 0.112. The monoisotopic (exact) mass is 435 g/mol. The van der Waals surface area contributed by atoms with Crippen molar-refractivity contribution in [1.82, 2.24) is 0 Å². The summed E-state index contributed by atoms with van der Waals surface area (Å²) in [4.78, 5) is 11.0. The Morgan fingerprint density at radius 2 is 1.71 bits per heavy atom. The molecule has 0 saturated heterocycles. The molecule has 0 unspecified atom stereocenters. The molecule has 0 bridgehead atoms. The zero-order valence-electron chi connectivity index (χ0n) is 14.4. The Bertz CT molecular complexity index is 964. The molecule has 0 fully saturated rings. The minimum absolute atomic E-state index is 0.0147. The molecule has 0 aromatic heterocycles. The number of halogens is 4. The van der Waals surface area contributed by atoms with Gasteiger partial charge in [0.05, 0.1) is 11.3 Å². The van der Waals surface area contributed by atoms with Gasteiger partial charge in [0.2, 0.25) is 15.9 Å². The van der Waals surface area contributed by atoms with E-state index in [1.54, 1.807) is 0 Å². The van der Waals surface area contributed by atoms with Gasteiger partial charge in [-0.3, -0.25) is 9.10 Å². The van der Waals surface area contributed by atoms with Crippen LogP contribution in [0, 0.1) is 0 Å². The van der Waals surface area contributed by atoms with Crippen LogP contribution in [-0.2, 0) is 21.0 Å². The average Bonchev–Trinajstić information content (AvgIpc) is 2.58. The van der Waals surface area contributed by atoms with Crippen LogP contribution in [0.15, 0.2) is 42.5 Å². The van der Waals surface area contributed by atoms with Crippen molar-refractivity contribution in [3.63, 3.8) is 0 Å². The van der Waals surface area contributed by atoms with Crippen molar-refractivity contribution < 1.29 is 26.4 Å². The van der Waals surface area contributed by atoms with Gasteiger partial charge in [-0.2, -0.15) is 13.2 Å². The van der Waals surface area contributed by atoms with Crippen LogP contribution >= 0.6 is 11.6 Å². The Labute approximate surface area is 164 Å². The standard InChI is InChI=1S/C17H17ClF3N3O3S/c18-15-6-3-12(17(19,20)21)9-14(15)11-1-4-13(5-2-11)24(8-7-22)28(26,27)10-16(23)25/h1-6,9H,7-8,10,22H2,(H2,23,25). The van der Waals surface area contributed by atoms with Crippen molar-refractivity contribution in [2.75, 3.05) is 23.1 Å². The summed E-state index contributed by atoms with van der Waals surface area (Å²) in [5.41, 5.74) is 10.3. The number of hydrogen-bond donors (Lipinski definition) is 2. The van der Waals surface area contributed by atoms with Crippen LogP contribution in [-0.4, -0.2) is 33.2 Å². The first-order valence-corrected chi connectivity index (χ1v) is 9.90. The van der Waals surface area contributed by atoms with E-state index in [2.05, 4.69) is 0 Å². The highest BCUT2D eigenvalue weighted by Gasteiger charge is 2.31. The van der Waals surface area contributed by atoms with E-state index >= 15 is 0 Å². The first kappa shape index (κ1) is 22.0. The highest BCUT2D eigenvalue weighted by Crippen LogP contribution is 2.36. The fourth-order valence-electron chi connectivity index (χ4n) is 2.53. The van der Waals surface area contributed by atoms with E-state index in [9.17, 15) is 26.4 Å². The van der Waals surface area contributed by atoms with Crippen LogP contribution in [0.1, 0.15) is 5.56 Å². The van der Waals surface area contributed by atoms with E-state index in [0.29, 0.717) is 5.56 Å². The molecule has 0 atom stereocenters. The van der Waals surface area contributed by atoms with E-state index < -0.39 is 33.4 Å². The van der Waals surface area contributed by atoms with Gasteiger partial charge >= 0.3 is 6.18 Å². The largest absolute Gasteiger partial charge is 0.416 e. The molecule has 2 aromatic rings. The second kappa shape index (κ2) is 8.38. The number of anilines is 1. The highest BCUT2D eigenvalue weighted by molar-refractivity contribution is 7.93. The van der Waals surface area contributed by atoms with Crippen LogP contribution in [0.5, 0.6) is 0 Å². The van der Waals surface area contributed by atoms with Gasteiger partial charge in [0.1, 0.15) is 5.75 Å². The Morgan fingerprint density at radius 3 is 2.21 bits per heavy atom. The molecule has 11 heteroatoms. The number of alkyl halides is 3. The van der Waals surface area contributed by atoms with E-state index in [1.165, 1.54) is 24.3 Å². The van der Waals surface area contributed by atoms with Gasteiger partial charge < -0.3 is 11.5 Å². The van der Waals surface area contributed by atoms with Gasteiger partial charge in [-0.25, -0.2) is 8.42 Å². The van der Waals surface area contributed by atoms with Gasteiger partial charge in [0.25, 0.3) is 0 Å². The molecule has 0 aliphatic heterocycles. The lowest BCUT2D eigenvalue weighted by molar-refractivity contribution is -0.137. The first-order valence-electron chi connectivity index (χ1n) is 7.91. The van der Waals surface area contributed by atoms with Crippen LogP contribution in [0.3, 0.4) is 0 Å². The van der Waals surface area contributed by atoms with Gasteiger partial charge in [-0.15, -0.1) is 0 Å². The van der Waals surface area contributed by atoms with Crippen molar-refractivity contribution in [2.45, 2.75) is 6.18 Å². The number of benzene rings is 2. The predicted molar refractivity (Wildman–Crippen MR) is 101 cm³/mol. The molecule has 6 nitrogen and oxygen atoms in total. The lowest BCUT2D eigenvalue weighted by atomic mass is 10.0. The van der Waals surface area contributed by atoms with Crippen molar-refractivity contribution in [1.29, 1.82) is 0 Å². The second-order valence-corrected chi connectivity index (χ2v) is 8.12. The fourth-order valence-corrected chi connectivity index (χ4v) is 4.10. The van der Waals surface area contributed by atoms with Crippen LogP contribution in [0.2, 0.25) is 5.02 Å². The van der Waals surface area contributed by atoms with E-state index in [0.717, 1.165) is 22.5 Å². The molecule has 0 aliphatic rings. The number of sulfonamides is 1. The third kappa shape index (κ3) is 5.15. The number of carbonyl (C=O) groups excluding carboxylic acids is 1. The zero-order chi connectivity index (χ0) is 21.1. The quantitative estimate of drug-likeness (QED) is 0.697. The summed E-state index contributed by atoms with van der Waals surface area (Å²) >= 11 is 6.02. The Morgan fingerprint density at radius 1 is 1.11 bits per heavy atom. The van der Waals surface area contributed by atoms with Crippen molar-refractivity contribution in [3.8, 4) is 11.1 Å². The number of nitrogens with two attached hydrogens (primary N) is 2. The Hall–Kier alpha value is -2.30. The Kier molecular flexibility index (Phi) is 6.58. The molecule has 0 heterocycles. The SMILES string of the molecule is NCCN(c1ccc(-c2cc(C(F)(F)F)ccc2Cl)cc1)S(=O)(=O)CC(N)=O. The summed E-state index contributed by atoms with van der Waals surface area (Å²) in [7, 11) is -4.04. The molecular weight excluding hydrogens is 419 g/mol. The van der Waals surface area contributed by atoms with Crippen LogP contribution in [0.4, 0.5) is 18.9 Å². The molecule has 2 rings (SSSR count). The van der Waals surface area contributed by atoms with Crippen LogP contribution in [0.25, 0.3) is 11.1 Å². The molecular formula is C17H17ClF3N3O3S. The van der Waals surface area contributed by atoms with Crippen molar-refractivity contribution in [2.24, 2.45) is 11.5 Å². The topological polar surface area (TPSA) is 106 Å². The summed E-state index contributed by atoms with van der Waals surface area (Å²) in [6, 6.07) is 8.57. The van der Waals surface area contributed by atoms with Gasteiger partial charge in [-0.05, 0) is 35.9 Å². The summed E-state index contributed by atoms with van der Waals surface area (Å²) < 4.78 is 64.4. The molecule has 0 spiro atoms. The van der Waals surface area contributed by atoms with Crippen molar-refractivity contribution >= 4 is 33.2 Å². The third-order valence-electron chi connectivity index (χ3n) is 3.75.